The van der Waals surface area contributed by atoms with Crippen LogP contribution in [0.5, 0.6) is 0 Å². The second-order valence-corrected chi connectivity index (χ2v) is 7.71. The van der Waals surface area contributed by atoms with Crippen LogP contribution < -0.4 is 5.32 Å². The lowest BCUT2D eigenvalue weighted by Crippen LogP contribution is -2.28. The molecular formula is C22H18F3N3OS. The van der Waals surface area contributed by atoms with E-state index in [1.54, 1.807) is 6.07 Å². The number of halogens is 3. The van der Waals surface area contributed by atoms with E-state index in [0.717, 1.165) is 34.2 Å². The Morgan fingerprint density at radius 2 is 1.93 bits per heavy atom. The number of fused-ring (bicyclic) bond motifs is 1. The fourth-order valence-electron chi connectivity index (χ4n) is 3.20. The van der Waals surface area contributed by atoms with Crippen LogP contribution in [0.4, 0.5) is 13.2 Å². The summed E-state index contributed by atoms with van der Waals surface area (Å²) < 4.78 is 39.6. The van der Waals surface area contributed by atoms with E-state index in [4.69, 9.17) is 0 Å². The first-order chi connectivity index (χ1) is 14.2. The van der Waals surface area contributed by atoms with E-state index in [2.05, 4.69) is 10.3 Å². The fraction of sp³-hybridized carbons (Fsp3) is 0.227. The number of carbonyl (C=O) groups excluding carboxylic acids is 1. The second-order valence-electron chi connectivity index (χ2n) is 6.75. The topological polar surface area (TPSA) is 65.8 Å². The normalized spacial score (nSPS) is 12.4. The number of nitrogens with one attached hydrogen (secondary N) is 1. The van der Waals surface area contributed by atoms with Crippen LogP contribution in [-0.2, 0) is 11.0 Å². The van der Waals surface area contributed by atoms with E-state index in [0.29, 0.717) is 0 Å². The molecule has 30 heavy (non-hydrogen) atoms. The van der Waals surface area contributed by atoms with Crippen molar-refractivity contribution in [3.8, 4) is 6.07 Å². The highest BCUT2D eigenvalue weighted by Crippen LogP contribution is 2.35. The van der Waals surface area contributed by atoms with E-state index in [-0.39, 0.29) is 28.4 Å². The smallest absolute Gasteiger partial charge is 0.349 e. The second kappa shape index (κ2) is 8.76. The summed E-state index contributed by atoms with van der Waals surface area (Å²) in [5, 5.41) is 14.0. The van der Waals surface area contributed by atoms with Crippen LogP contribution in [0.3, 0.4) is 0 Å². The Labute approximate surface area is 176 Å². The van der Waals surface area contributed by atoms with E-state index in [1.165, 1.54) is 6.92 Å². The molecule has 2 aromatic carbocycles. The van der Waals surface area contributed by atoms with Crippen LogP contribution in [0, 0.1) is 18.3 Å². The van der Waals surface area contributed by atoms with E-state index >= 15 is 0 Å². The van der Waals surface area contributed by atoms with Gasteiger partial charge in [-0.25, -0.2) is 4.98 Å². The molecule has 0 aliphatic rings. The highest BCUT2D eigenvalue weighted by atomic mass is 32.2. The summed E-state index contributed by atoms with van der Waals surface area (Å²) in [6.07, 6.45) is -4.67. The first kappa shape index (κ1) is 21.7. The standard InChI is InChI=1S/C22H18F3N3OS/c1-13-10-19(22(23,24)25)18(11-26)21(27-13)30-12-20(29)28-14(2)16-9-5-7-15-6-3-4-8-17(15)16/h3-10,14H,12H2,1-2H3,(H,28,29). The molecule has 1 unspecified atom stereocenters. The number of aryl methyl sites for hydroxylation is 1. The van der Waals surface area contributed by atoms with Crippen LogP contribution in [0.1, 0.15) is 35.3 Å². The molecule has 3 rings (SSSR count). The van der Waals surface area contributed by atoms with Crippen molar-refractivity contribution < 1.29 is 18.0 Å². The number of pyridine rings is 1. The molecule has 1 amide bonds. The van der Waals surface area contributed by atoms with E-state index < -0.39 is 17.3 Å². The maximum Gasteiger partial charge on any atom is 0.417 e. The molecule has 0 aliphatic carbocycles. The van der Waals surface area contributed by atoms with Gasteiger partial charge in [-0.3, -0.25) is 4.79 Å². The zero-order chi connectivity index (χ0) is 21.9. The zero-order valence-electron chi connectivity index (χ0n) is 16.2. The molecule has 1 atom stereocenters. The van der Waals surface area contributed by atoms with Gasteiger partial charge in [0.05, 0.1) is 22.9 Å². The number of aromatic nitrogens is 1. The SMILES string of the molecule is Cc1cc(C(F)(F)F)c(C#N)c(SCC(=O)NC(C)c2cccc3ccccc23)n1. The minimum absolute atomic E-state index is 0.0993. The Hall–Kier alpha value is -3.05. The van der Waals surface area contributed by atoms with Crippen LogP contribution in [0.15, 0.2) is 53.6 Å². The lowest BCUT2D eigenvalue weighted by atomic mass is 10.00. The molecule has 0 aliphatic heterocycles. The lowest BCUT2D eigenvalue weighted by Gasteiger charge is -2.17. The summed E-state index contributed by atoms with van der Waals surface area (Å²) in [5.74, 6) is -0.515. The maximum absolute atomic E-state index is 13.2. The highest BCUT2D eigenvalue weighted by Gasteiger charge is 2.35. The predicted octanol–water partition coefficient (Wildman–Crippen LogP) is 5.40. The first-order valence-corrected chi connectivity index (χ1v) is 10.1. The van der Waals surface area contributed by atoms with Gasteiger partial charge in [0.1, 0.15) is 11.1 Å². The number of hydrogen-bond donors (Lipinski definition) is 1. The quantitative estimate of drug-likeness (QED) is 0.551. The molecule has 154 valence electrons. The van der Waals surface area contributed by atoms with Crippen molar-refractivity contribution in [3.63, 3.8) is 0 Å². The largest absolute Gasteiger partial charge is 0.417 e. The number of rotatable bonds is 5. The molecule has 1 aromatic heterocycles. The van der Waals surface area contributed by atoms with Gasteiger partial charge in [-0.05, 0) is 36.2 Å². The van der Waals surface area contributed by atoms with Gasteiger partial charge in [0.2, 0.25) is 5.91 Å². The summed E-state index contributed by atoms with van der Waals surface area (Å²) in [6, 6.07) is 15.7. The number of carbonyl (C=O) groups is 1. The minimum Gasteiger partial charge on any atom is -0.349 e. The molecule has 0 saturated heterocycles. The minimum atomic E-state index is -4.67. The summed E-state index contributed by atoms with van der Waals surface area (Å²) >= 11 is 0.819. The van der Waals surface area contributed by atoms with Crippen molar-refractivity contribution in [2.45, 2.75) is 31.1 Å². The van der Waals surface area contributed by atoms with E-state index in [1.807, 2.05) is 49.4 Å². The summed E-state index contributed by atoms with van der Waals surface area (Å²) in [4.78, 5) is 16.5. The molecule has 0 fully saturated rings. The number of thioether (sulfide) groups is 1. The Morgan fingerprint density at radius 3 is 2.63 bits per heavy atom. The number of hydrogen-bond acceptors (Lipinski definition) is 4. The molecule has 1 N–H and O–H groups in total. The number of amides is 1. The fourth-order valence-corrected chi connectivity index (χ4v) is 4.06. The Morgan fingerprint density at radius 1 is 1.23 bits per heavy atom. The summed E-state index contributed by atoms with van der Waals surface area (Å²) in [7, 11) is 0. The van der Waals surface area contributed by atoms with Crippen molar-refractivity contribution in [1.82, 2.24) is 10.3 Å². The zero-order valence-corrected chi connectivity index (χ0v) is 17.1. The number of nitrogens with zero attached hydrogens (tertiary/aromatic N) is 2. The highest BCUT2D eigenvalue weighted by molar-refractivity contribution is 8.00. The molecule has 4 nitrogen and oxygen atoms in total. The average Bonchev–Trinajstić information content (AvgIpc) is 2.70. The molecular weight excluding hydrogens is 411 g/mol. The Balaban J connectivity index is 1.75. The number of nitriles is 1. The summed E-state index contributed by atoms with van der Waals surface area (Å²) in [5.41, 5.74) is -0.525. The van der Waals surface area contributed by atoms with E-state index in [9.17, 15) is 23.2 Å². The van der Waals surface area contributed by atoms with Gasteiger partial charge in [0.15, 0.2) is 0 Å². The van der Waals surface area contributed by atoms with Gasteiger partial charge in [0.25, 0.3) is 0 Å². The predicted molar refractivity (Wildman–Crippen MR) is 110 cm³/mol. The van der Waals surface area contributed by atoms with Gasteiger partial charge in [-0.15, -0.1) is 0 Å². The lowest BCUT2D eigenvalue weighted by molar-refractivity contribution is -0.138. The molecule has 0 spiro atoms. The van der Waals surface area contributed by atoms with Crippen molar-refractivity contribution >= 4 is 28.4 Å². The van der Waals surface area contributed by atoms with Crippen LogP contribution >= 0.6 is 11.8 Å². The van der Waals surface area contributed by atoms with Gasteiger partial charge in [0, 0.05) is 5.69 Å². The van der Waals surface area contributed by atoms with Crippen molar-refractivity contribution in [2.24, 2.45) is 0 Å². The molecule has 0 bridgehead atoms. The third-order valence-electron chi connectivity index (χ3n) is 4.54. The molecule has 0 saturated carbocycles. The molecule has 8 heteroatoms. The summed E-state index contributed by atoms with van der Waals surface area (Å²) in [6.45, 7) is 3.26. The molecule has 0 radical (unpaired) electrons. The number of benzene rings is 2. The Kier molecular flexibility index (Phi) is 6.32. The van der Waals surface area contributed by atoms with Crippen LogP contribution in [-0.4, -0.2) is 16.6 Å². The van der Waals surface area contributed by atoms with Crippen LogP contribution in [0.2, 0.25) is 0 Å². The van der Waals surface area contributed by atoms with Crippen molar-refractivity contribution in [3.05, 3.63) is 70.9 Å². The van der Waals surface area contributed by atoms with Gasteiger partial charge in [-0.2, -0.15) is 18.4 Å². The van der Waals surface area contributed by atoms with Gasteiger partial charge >= 0.3 is 6.18 Å². The Bertz CT molecular complexity index is 1130. The monoisotopic (exact) mass is 429 g/mol. The third-order valence-corrected chi connectivity index (χ3v) is 5.51. The van der Waals surface area contributed by atoms with Crippen molar-refractivity contribution in [1.29, 1.82) is 5.26 Å². The molecule has 1 heterocycles. The third kappa shape index (κ3) is 4.74. The number of alkyl halides is 3. The molecule has 3 aromatic rings. The van der Waals surface area contributed by atoms with Crippen LogP contribution in [0.25, 0.3) is 10.8 Å². The van der Waals surface area contributed by atoms with Gasteiger partial charge < -0.3 is 5.32 Å². The maximum atomic E-state index is 13.2. The first-order valence-electron chi connectivity index (χ1n) is 9.09. The van der Waals surface area contributed by atoms with Gasteiger partial charge in [-0.1, -0.05) is 54.2 Å². The average molecular weight is 429 g/mol. The van der Waals surface area contributed by atoms with Crippen molar-refractivity contribution in [2.75, 3.05) is 5.75 Å².